The summed E-state index contributed by atoms with van der Waals surface area (Å²) < 4.78 is 10.9. The zero-order valence-electron chi connectivity index (χ0n) is 12.5. The molecule has 3 rings (SSSR count). The second-order valence-electron chi connectivity index (χ2n) is 5.23. The summed E-state index contributed by atoms with van der Waals surface area (Å²) in [7, 11) is 1.63. The molecule has 0 spiro atoms. The lowest BCUT2D eigenvalue weighted by Gasteiger charge is -2.06. The van der Waals surface area contributed by atoms with Crippen LogP contribution >= 0.6 is 11.6 Å². The number of ether oxygens (including phenoxy) is 1. The lowest BCUT2D eigenvalue weighted by Crippen LogP contribution is -2.03. The predicted octanol–water partition coefficient (Wildman–Crippen LogP) is 3.95. The number of benzene rings is 2. The van der Waals surface area contributed by atoms with Crippen LogP contribution in [0.4, 0.5) is 0 Å². The van der Waals surface area contributed by atoms with E-state index in [2.05, 4.69) is 0 Å². The molecule has 0 amide bonds. The summed E-state index contributed by atoms with van der Waals surface area (Å²) in [4.78, 5) is 12.2. The van der Waals surface area contributed by atoms with Crippen LogP contribution in [0.2, 0.25) is 5.02 Å². The summed E-state index contributed by atoms with van der Waals surface area (Å²) in [6.45, 7) is 0. The molecule has 0 bridgehead atoms. The van der Waals surface area contributed by atoms with Crippen molar-refractivity contribution in [1.82, 2.24) is 0 Å². The molecule has 0 atom stereocenters. The van der Waals surface area contributed by atoms with Gasteiger partial charge < -0.3 is 14.3 Å². The first-order chi connectivity index (χ1) is 11.1. The Morgan fingerprint density at radius 1 is 1.13 bits per heavy atom. The zero-order chi connectivity index (χ0) is 16.4. The van der Waals surface area contributed by atoms with Crippen molar-refractivity contribution in [2.45, 2.75) is 12.8 Å². The molecule has 1 heterocycles. The van der Waals surface area contributed by atoms with Crippen molar-refractivity contribution in [2.24, 2.45) is 0 Å². The van der Waals surface area contributed by atoms with Crippen LogP contribution in [0, 0.1) is 0 Å². The van der Waals surface area contributed by atoms with E-state index < -0.39 is 0 Å². The monoisotopic (exact) mass is 330 g/mol. The molecular weight excluding hydrogens is 316 g/mol. The van der Waals surface area contributed by atoms with Gasteiger partial charge in [0.15, 0.2) is 11.0 Å². The van der Waals surface area contributed by atoms with Crippen LogP contribution in [0.3, 0.4) is 0 Å². The largest absolute Gasteiger partial charge is 0.508 e. The second kappa shape index (κ2) is 6.34. The normalized spacial score (nSPS) is 10.9. The summed E-state index contributed by atoms with van der Waals surface area (Å²) in [5.41, 5.74) is 1.21. The van der Waals surface area contributed by atoms with Gasteiger partial charge in [0.2, 0.25) is 0 Å². The Morgan fingerprint density at radius 2 is 1.87 bits per heavy atom. The summed E-state index contributed by atoms with van der Waals surface area (Å²) in [5, 5.41) is 10.0. The van der Waals surface area contributed by atoms with E-state index in [1.54, 1.807) is 7.11 Å². The van der Waals surface area contributed by atoms with Crippen LogP contribution in [0.15, 0.2) is 51.7 Å². The Balaban J connectivity index is 1.87. The fraction of sp³-hybridized carbons (Fsp3) is 0.167. The molecule has 23 heavy (non-hydrogen) atoms. The minimum absolute atomic E-state index is 0.0548. The van der Waals surface area contributed by atoms with Gasteiger partial charge in [0.1, 0.15) is 17.3 Å². The number of methoxy groups -OCH3 is 1. The Hall–Kier alpha value is -2.46. The SMILES string of the molecule is COc1ccc(CCc2cc(=O)c3cc(O)cc(Cl)c3o2)cc1. The molecular formula is C18H15ClO4. The molecule has 0 aliphatic heterocycles. The van der Waals surface area contributed by atoms with Crippen LogP contribution in [0.1, 0.15) is 11.3 Å². The fourth-order valence-electron chi connectivity index (χ4n) is 2.43. The number of aryl methyl sites for hydroxylation is 2. The summed E-state index contributed by atoms with van der Waals surface area (Å²) >= 11 is 6.05. The van der Waals surface area contributed by atoms with E-state index >= 15 is 0 Å². The summed E-state index contributed by atoms with van der Waals surface area (Å²) in [5.74, 6) is 1.31. The van der Waals surface area contributed by atoms with Crippen molar-refractivity contribution in [3.05, 3.63) is 69.0 Å². The first-order valence-corrected chi connectivity index (χ1v) is 7.53. The second-order valence-corrected chi connectivity index (χ2v) is 5.64. The zero-order valence-corrected chi connectivity index (χ0v) is 13.3. The number of fused-ring (bicyclic) bond motifs is 1. The lowest BCUT2D eigenvalue weighted by molar-refractivity contribution is 0.414. The maximum Gasteiger partial charge on any atom is 0.193 e. The highest BCUT2D eigenvalue weighted by Gasteiger charge is 2.10. The molecule has 0 aliphatic carbocycles. The van der Waals surface area contributed by atoms with Gasteiger partial charge in [-0.15, -0.1) is 0 Å². The highest BCUT2D eigenvalue weighted by atomic mass is 35.5. The average molecular weight is 331 g/mol. The Labute approximate surface area is 137 Å². The molecule has 5 heteroatoms. The van der Waals surface area contributed by atoms with E-state index in [0.29, 0.717) is 17.8 Å². The molecule has 1 aromatic heterocycles. The third-order valence-electron chi connectivity index (χ3n) is 3.64. The van der Waals surface area contributed by atoms with Crippen molar-refractivity contribution < 1.29 is 14.3 Å². The van der Waals surface area contributed by atoms with Crippen LogP contribution in [0.5, 0.6) is 11.5 Å². The highest BCUT2D eigenvalue weighted by molar-refractivity contribution is 6.34. The molecule has 0 fully saturated rings. The van der Waals surface area contributed by atoms with Gasteiger partial charge in [0.25, 0.3) is 0 Å². The van der Waals surface area contributed by atoms with E-state index in [0.717, 1.165) is 17.7 Å². The van der Waals surface area contributed by atoms with Crippen LogP contribution in [0.25, 0.3) is 11.0 Å². The molecule has 0 unspecified atom stereocenters. The van der Waals surface area contributed by atoms with Crippen molar-refractivity contribution >= 4 is 22.6 Å². The number of hydrogen-bond donors (Lipinski definition) is 1. The topological polar surface area (TPSA) is 59.7 Å². The third-order valence-corrected chi connectivity index (χ3v) is 3.92. The van der Waals surface area contributed by atoms with Crippen molar-refractivity contribution in [1.29, 1.82) is 0 Å². The molecule has 4 nitrogen and oxygen atoms in total. The number of hydrogen-bond acceptors (Lipinski definition) is 4. The molecule has 0 radical (unpaired) electrons. The molecule has 0 saturated carbocycles. The number of rotatable bonds is 4. The van der Waals surface area contributed by atoms with Crippen molar-refractivity contribution in [3.8, 4) is 11.5 Å². The van der Waals surface area contributed by atoms with E-state index in [1.807, 2.05) is 24.3 Å². The van der Waals surface area contributed by atoms with Crippen LogP contribution in [-0.4, -0.2) is 12.2 Å². The quantitative estimate of drug-likeness (QED) is 0.787. The van der Waals surface area contributed by atoms with Gasteiger partial charge in [-0.25, -0.2) is 0 Å². The van der Waals surface area contributed by atoms with Gasteiger partial charge in [-0.1, -0.05) is 23.7 Å². The standard InChI is InChI=1S/C18H15ClO4/c1-22-13-5-2-11(3-6-13)4-7-14-10-17(21)15-8-12(20)9-16(19)18(15)23-14/h2-3,5-6,8-10,20H,4,7H2,1H3. The molecule has 0 saturated heterocycles. The number of phenols is 1. The minimum atomic E-state index is -0.214. The van der Waals surface area contributed by atoms with Crippen molar-refractivity contribution in [3.63, 3.8) is 0 Å². The van der Waals surface area contributed by atoms with Crippen molar-refractivity contribution in [2.75, 3.05) is 7.11 Å². The Kier molecular flexibility index (Phi) is 4.26. The Bertz CT molecular complexity index is 897. The Morgan fingerprint density at radius 3 is 2.57 bits per heavy atom. The van der Waals surface area contributed by atoms with Crippen LogP contribution < -0.4 is 10.2 Å². The molecule has 3 aromatic rings. The maximum atomic E-state index is 12.2. The van der Waals surface area contributed by atoms with Gasteiger partial charge in [0, 0.05) is 18.6 Å². The maximum absolute atomic E-state index is 12.2. The minimum Gasteiger partial charge on any atom is -0.508 e. The summed E-state index contributed by atoms with van der Waals surface area (Å²) in [6, 6.07) is 11.9. The number of aromatic hydroxyl groups is 1. The van der Waals surface area contributed by atoms with E-state index in [-0.39, 0.29) is 21.6 Å². The smallest absolute Gasteiger partial charge is 0.193 e. The molecule has 118 valence electrons. The van der Waals surface area contributed by atoms with E-state index in [1.165, 1.54) is 18.2 Å². The van der Waals surface area contributed by atoms with E-state index in [9.17, 15) is 9.90 Å². The van der Waals surface area contributed by atoms with Gasteiger partial charge >= 0.3 is 0 Å². The predicted molar refractivity (Wildman–Crippen MR) is 89.6 cm³/mol. The van der Waals surface area contributed by atoms with Gasteiger partial charge in [-0.05, 0) is 30.2 Å². The molecule has 0 aliphatic rings. The number of halogens is 1. The molecule has 1 N–H and O–H groups in total. The number of phenolic OH excluding ortho intramolecular Hbond substituents is 1. The summed E-state index contributed by atoms with van der Waals surface area (Å²) in [6.07, 6.45) is 1.31. The fourth-order valence-corrected chi connectivity index (χ4v) is 2.69. The van der Waals surface area contributed by atoms with Gasteiger partial charge in [-0.3, -0.25) is 4.79 Å². The molecule has 2 aromatic carbocycles. The average Bonchev–Trinajstić information content (AvgIpc) is 2.54. The van der Waals surface area contributed by atoms with E-state index in [4.69, 9.17) is 20.8 Å². The highest BCUT2D eigenvalue weighted by Crippen LogP contribution is 2.27. The van der Waals surface area contributed by atoms with Gasteiger partial charge in [0.05, 0.1) is 17.5 Å². The van der Waals surface area contributed by atoms with Gasteiger partial charge in [-0.2, -0.15) is 0 Å². The van der Waals surface area contributed by atoms with Crippen LogP contribution in [-0.2, 0) is 12.8 Å². The first-order valence-electron chi connectivity index (χ1n) is 7.15. The third kappa shape index (κ3) is 3.32. The lowest BCUT2D eigenvalue weighted by atomic mass is 10.1. The first kappa shape index (κ1) is 15.4.